The van der Waals surface area contributed by atoms with E-state index in [1.54, 1.807) is 13.8 Å². The summed E-state index contributed by atoms with van der Waals surface area (Å²) in [7, 11) is -10.1. The fourth-order valence-electron chi connectivity index (χ4n) is 5.06. The van der Waals surface area contributed by atoms with E-state index in [0.29, 0.717) is 0 Å². The van der Waals surface area contributed by atoms with E-state index in [1.165, 1.54) is 23.2 Å². The van der Waals surface area contributed by atoms with E-state index >= 15 is 0 Å². The van der Waals surface area contributed by atoms with Gasteiger partial charge in [-0.05, 0) is 12.0 Å². The SMILES string of the molecule is CC(C)[C@H](O)C(=O)O[C@@H]1[C@H](O)[C@@H](COP(=O)(O)O[C@H]2C[C@H](n3ccc(N)nc3=O)O[C@@H]2COP(=O)(O)O)O[C@H]1n1cnc2c(N)ncnc21. The number of fused-ring (bicyclic) bond motifs is 1. The third-order valence-corrected chi connectivity index (χ3v) is 9.02. The molecule has 0 saturated carbocycles. The van der Waals surface area contributed by atoms with Crippen LogP contribution in [0.5, 0.6) is 0 Å². The number of anilines is 2. The van der Waals surface area contributed by atoms with Gasteiger partial charge >= 0.3 is 27.3 Å². The number of carbonyl (C=O) groups excluding carboxylic acids is 1. The van der Waals surface area contributed by atoms with Gasteiger partial charge in [0.2, 0.25) is 0 Å². The quantitative estimate of drug-likeness (QED) is 0.0762. The number of aliphatic hydroxyl groups is 2. The molecular formula is C24H34N8O15P2. The van der Waals surface area contributed by atoms with Crippen LogP contribution in [0.1, 0.15) is 32.7 Å². The Morgan fingerprint density at radius 1 is 1.08 bits per heavy atom. The Kier molecular flexibility index (Phi) is 10.8. The van der Waals surface area contributed by atoms with Crippen LogP contribution in [0.2, 0.25) is 0 Å². The second-order valence-electron chi connectivity index (χ2n) is 11.3. The van der Waals surface area contributed by atoms with Gasteiger partial charge in [0, 0.05) is 12.6 Å². The number of phosphoric ester groups is 2. The lowest BCUT2D eigenvalue weighted by molar-refractivity contribution is -0.170. The zero-order valence-electron chi connectivity index (χ0n) is 25.7. The van der Waals surface area contributed by atoms with Crippen molar-refractivity contribution >= 4 is 44.4 Å². The molecule has 270 valence electrons. The van der Waals surface area contributed by atoms with Crippen molar-refractivity contribution in [1.29, 1.82) is 0 Å². The molecule has 2 aliphatic rings. The van der Waals surface area contributed by atoms with Crippen LogP contribution in [-0.2, 0) is 41.7 Å². The second-order valence-corrected chi connectivity index (χ2v) is 14.0. The van der Waals surface area contributed by atoms with Crippen molar-refractivity contribution in [2.24, 2.45) is 5.92 Å². The van der Waals surface area contributed by atoms with Crippen molar-refractivity contribution in [3.8, 4) is 0 Å². The maximum atomic E-state index is 13.1. The van der Waals surface area contributed by atoms with Crippen LogP contribution in [0.25, 0.3) is 11.2 Å². The Balaban J connectivity index is 1.33. The lowest BCUT2D eigenvalue weighted by Gasteiger charge is -2.24. The number of imidazole rings is 1. The molecule has 9 atom stereocenters. The summed E-state index contributed by atoms with van der Waals surface area (Å²) in [6.45, 7) is 1.47. The fourth-order valence-corrected chi connectivity index (χ4v) is 6.36. The van der Waals surface area contributed by atoms with Crippen LogP contribution < -0.4 is 17.2 Å². The summed E-state index contributed by atoms with van der Waals surface area (Å²) in [5.74, 6) is -1.70. The first-order chi connectivity index (χ1) is 22.9. The molecule has 49 heavy (non-hydrogen) atoms. The molecule has 23 nitrogen and oxygen atoms in total. The number of nitrogens with zero attached hydrogens (tertiary/aromatic N) is 6. The second kappa shape index (κ2) is 14.4. The molecule has 1 unspecified atom stereocenters. The Morgan fingerprint density at radius 2 is 1.80 bits per heavy atom. The molecule has 0 aliphatic carbocycles. The summed E-state index contributed by atoms with van der Waals surface area (Å²) in [4.78, 5) is 69.7. The Bertz CT molecular complexity index is 1820. The normalized spacial score (nSPS) is 27.8. The van der Waals surface area contributed by atoms with Gasteiger partial charge in [0.15, 0.2) is 29.9 Å². The van der Waals surface area contributed by atoms with E-state index in [2.05, 4.69) is 24.5 Å². The van der Waals surface area contributed by atoms with Crippen LogP contribution >= 0.6 is 15.6 Å². The highest BCUT2D eigenvalue weighted by atomic mass is 31.2. The highest BCUT2D eigenvalue weighted by Crippen LogP contribution is 2.50. The zero-order chi connectivity index (χ0) is 35.8. The maximum absolute atomic E-state index is 13.1. The standard InChI is InChI=1S/C24H34N8O15P2/c1-10(2)17(33)23(35)46-19-18(34)13(45-22(19)32-9-29-16-20(26)27-8-28-21(16)32)7-43-49(40,41)47-11-5-15(31-4-3-14(25)30-24(31)36)44-12(11)6-42-48(37,38)39/h3-4,8-13,15,17-19,22,33-34H,5-7H2,1-2H3,(H,40,41)(H2,25,30,36)(H2,26,27,28)(H2,37,38,39)/t11-,12+,13+,15+,17-,18+,19+,22+/m0/s1. The number of rotatable bonds is 13. The highest BCUT2D eigenvalue weighted by Gasteiger charge is 2.50. The van der Waals surface area contributed by atoms with Gasteiger partial charge in [-0.2, -0.15) is 4.98 Å². The van der Waals surface area contributed by atoms with Gasteiger partial charge in [0.1, 0.15) is 48.3 Å². The number of nitrogen functional groups attached to an aromatic ring is 2. The minimum atomic E-state index is -5.11. The highest BCUT2D eigenvalue weighted by molar-refractivity contribution is 7.47. The summed E-state index contributed by atoms with van der Waals surface area (Å²) in [5, 5.41) is 21.4. The van der Waals surface area contributed by atoms with Gasteiger partial charge in [-0.25, -0.2) is 33.7 Å². The predicted octanol–water partition coefficient (Wildman–Crippen LogP) is -1.67. The fraction of sp³-hybridized carbons (Fsp3) is 0.583. The summed E-state index contributed by atoms with van der Waals surface area (Å²) in [6.07, 6.45) is -8.33. The first kappa shape index (κ1) is 36.8. The Hall–Kier alpha value is -3.44. The molecule has 5 heterocycles. The van der Waals surface area contributed by atoms with Crippen molar-refractivity contribution in [3.05, 3.63) is 35.4 Å². The predicted molar refractivity (Wildman–Crippen MR) is 160 cm³/mol. The Labute approximate surface area is 275 Å². The molecule has 3 aromatic rings. The minimum absolute atomic E-state index is 0.0180. The number of nitrogens with two attached hydrogens (primary N) is 2. The van der Waals surface area contributed by atoms with Crippen molar-refractivity contribution < 1.29 is 66.6 Å². The Morgan fingerprint density at radius 3 is 2.47 bits per heavy atom. The van der Waals surface area contributed by atoms with Crippen molar-refractivity contribution in [2.45, 2.75) is 69.3 Å². The van der Waals surface area contributed by atoms with Gasteiger partial charge in [0.25, 0.3) is 0 Å². The molecule has 0 bridgehead atoms. The smallest absolute Gasteiger partial charge is 0.453 e. The van der Waals surface area contributed by atoms with E-state index in [9.17, 15) is 33.8 Å². The van der Waals surface area contributed by atoms with Crippen LogP contribution in [-0.4, -0.2) is 110 Å². The molecule has 2 saturated heterocycles. The van der Waals surface area contributed by atoms with Crippen LogP contribution in [0.15, 0.2) is 29.7 Å². The molecule has 0 radical (unpaired) electrons. The van der Waals surface area contributed by atoms with E-state index in [4.69, 9.17) is 44.5 Å². The number of aliphatic hydroxyl groups excluding tert-OH is 2. The van der Waals surface area contributed by atoms with Crippen molar-refractivity contribution in [3.63, 3.8) is 0 Å². The van der Waals surface area contributed by atoms with Crippen LogP contribution in [0.4, 0.5) is 11.6 Å². The van der Waals surface area contributed by atoms with E-state index < -0.39 is 95.5 Å². The molecule has 0 amide bonds. The molecule has 2 aliphatic heterocycles. The number of carbonyl (C=O) groups is 1. The molecule has 25 heteroatoms. The van der Waals surface area contributed by atoms with Gasteiger partial charge in [-0.1, -0.05) is 13.8 Å². The number of phosphoric acid groups is 2. The van der Waals surface area contributed by atoms with Gasteiger partial charge < -0.3 is 50.6 Å². The first-order valence-electron chi connectivity index (χ1n) is 14.4. The molecule has 9 N–H and O–H groups in total. The molecule has 0 aromatic carbocycles. The number of aromatic nitrogens is 6. The third kappa shape index (κ3) is 8.48. The van der Waals surface area contributed by atoms with Gasteiger partial charge in [-0.3, -0.25) is 22.7 Å². The summed E-state index contributed by atoms with van der Waals surface area (Å²) < 4.78 is 58.6. The lowest BCUT2D eigenvalue weighted by atomic mass is 10.1. The lowest BCUT2D eigenvalue weighted by Crippen LogP contribution is -2.40. The molecular weight excluding hydrogens is 702 g/mol. The first-order valence-corrected chi connectivity index (χ1v) is 17.5. The number of hydrogen-bond acceptors (Lipinski definition) is 18. The van der Waals surface area contributed by atoms with Crippen LogP contribution in [0.3, 0.4) is 0 Å². The number of ether oxygens (including phenoxy) is 3. The van der Waals surface area contributed by atoms with E-state index in [-0.39, 0.29) is 29.2 Å². The zero-order valence-corrected chi connectivity index (χ0v) is 27.5. The molecule has 5 rings (SSSR count). The largest absolute Gasteiger partial charge is 0.472 e. The summed E-state index contributed by atoms with van der Waals surface area (Å²) in [5.41, 5.74) is 10.8. The molecule has 3 aromatic heterocycles. The van der Waals surface area contributed by atoms with Crippen molar-refractivity contribution in [2.75, 3.05) is 24.7 Å². The summed E-state index contributed by atoms with van der Waals surface area (Å²) >= 11 is 0. The number of hydrogen-bond donors (Lipinski definition) is 7. The van der Waals surface area contributed by atoms with E-state index in [1.807, 2.05) is 0 Å². The number of esters is 1. The average Bonchev–Trinajstić information content (AvgIpc) is 3.70. The topological polar surface area (TPSA) is 338 Å². The molecule has 2 fully saturated rings. The van der Waals surface area contributed by atoms with Crippen molar-refractivity contribution in [1.82, 2.24) is 29.1 Å². The third-order valence-electron chi connectivity index (χ3n) is 7.52. The average molecular weight is 737 g/mol. The van der Waals surface area contributed by atoms with Crippen LogP contribution in [0, 0.1) is 5.92 Å². The minimum Gasteiger partial charge on any atom is -0.453 e. The van der Waals surface area contributed by atoms with E-state index in [0.717, 1.165) is 10.9 Å². The van der Waals surface area contributed by atoms with Gasteiger partial charge in [0.05, 0.1) is 19.5 Å². The molecule has 0 spiro atoms. The summed E-state index contributed by atoms with van der Waals surface area (Å²) in [6, 6.07) is 1.28. The van der Waals surface area contributed by atoms with Gasteiger partial charge in [-0.15, -0.1) is 0 Å². The maximum Gasteiger partial charge on any atom is 0.472 e. The monoisotopic (exact) mass is 736 g/mol.